The van der Waals surface area contributed by atoms with E-state index in [0.717, 1.165) is 11.1 Å². The third kappa shape index (κ3) is 6.02. The maximum absolute atomic E-state index is 13.3. The first kappa shape index (κ1) is 22.2. The Hall–Kier alpha value is -3.45. The van der Waals surface area contributed by atoms with Crippen LogP contribution in [0.2, 0.25) is 0 Å². The van der Waals surface area contributed by atoms with E-state index in [2.05, 4.69) is 5.32 Å². The van der Waals surface area contributed by atoms with Gasteiger partial charge >= 0.3 is 0 Å². The lowest BCUT2D eigenvalue weighted by Gasteiger charge is -2.20. The first-order valence-electron chi connectivity index (χ1n) is 9.89. The molecule has 1 heterocycles. The predicted molar refractivity (Wildman–Crippen MR) is 116 cm³/mol. The molecule has 1 unspecified atom stereocenters. The van der Waals surface area contributed by atoms with Gasteiger partial charge in [0.05, 0.1) is 25.3 Å². The summed E-state index contributed by atoms with van der Waals surface area (Å²) in [6.45, 7) is 0.720. The van der Waals surface area contributed by atoms with Crippen molar-refractivity contribution in [3.63, 3.8) is 0 Å². The summed E-state index contributed by atoms with van der Waals surface area (Å²) in [5.74, 6) is 0.0852. The normalized spacial score (nSPS) is 11.7. The molecule has 31 heavy (non-hydrogen) atoms. The zero-order valence-electron chi connectivity index (χ0n) is 17.5. The molecular formula is C24H25FN2O4. The van der Waals surface area contributed by atoms with Crippen LogP contribution in [0, 0.1) is 5.82 Å². The largest absolute Gasteiger partial charge is 0.497 e. The molecule has 0 saturated carbocycles. The molecule has 2 aromatic carbocycles. The van der Waals surface area contributed by atoms with Crippen LogP contribution in [0.3, 0.4) is 0 Å². The minimum atomic E-state index is -0.358. The highest BCUT2D eigenvalue weighted by atomic mass is 19.1. The molecule has 162 valence electrons. The Labute approximate surface area is 180 Å². The molecule has 1 atom stereocenters. The highest BCUT2D eigenvalue weighted by Crippen LogP contribution is 2.22. The first-order valence-corrected chi connectivity index (χ1v) is 9.89. The van der Waals surface area contributed by atoms with Crippen LogP contribution >= 0.6 is 0 Å². The Morgan fingerprint density at radius 3 is 2.39 bits per heavy atom. The lowest BCUT2D eigenvalue weighted by atomic mass is 9.98. The molecule has 3 rings (SSSR count). The standard InChI is InChI=1S/C24H25FN2O4/c1-30-14-13-27-16-19(7-12-23(27)28)24(29)26-22(15-17-3-8-20(25)9-4-17)18-5-10-21(31-2)11-6-18/h3-12,16,22H,13-15H2,1-2H3,(H,26,29). The van der Waals surface area contributed by atoms with Crippen LogP contribution in [-0.2, 0) is 17.7 Å². The summed E-state index contributed by atoms with van der Waals surface area (Å²) < 4.78 is 25.0. The Kier molecular flexibility index (Phi) is 7.56. The Balaban J connectivity index is 1.85. The zero-order valence-corrected chi connectivity index (χ0v) is 17.5. The molecule has 3 aromatic rings. The smallest absolute Gasteiger partial charge is 0.253 e. The van der Waals surface area contributed by atoms with Crippen LogP contribution in [0.1, 0.15) is 27.5 Å². The van der Waals surface area contributed by atoms with Gasteiger partial charge in [-0.1, -0.05) is 24.3 Å². The Bertz CT molecular complexity index is 1060. The van der Waals surface area contributed by atoms with Crippen molar-refractivity contribution in [1.82, 2.24) is 9.88 Å². The van der Waals surface area contributed by atoms with Crippen molar-refractivity contribution in [2.24, 2.45) is 0 Å². The zero-order chi connectivity index (χ0) is 22.2. The summed E-state index contributed by atoms with van der Waals surface area (Å²) in [5.41, 5.74) is 1.93. The van der Waals surface area contributed by atoms with Gasteiger partial charge < -0.3 is 19.4 Å². The molecule has 7 heteroatoms. The van der Waals surface area contributed by atoms with Gasteiger partial charge in [0.2, 0.25) is 0 Å². The van der Waals surface area contributed by atoms with Gasteiger partial charge in [-0.15, -0.1) is 0 Å². The maximum atomic E-state index is 13.3. The molecule has 0 bridgehead atoms. The summed E-state index contributed by atoms with van der Waals surface area (Å²) >= 11 is 0. The van der Waals surface area contributed by atoms with Crippen molar-refractivity contribution in [3.8, 4) is 5.75 Å². The number of nitrogens with one attached hydrogen (secondary N) is 1. The van der Waals surface area contributed by atoms with Gasteiger partial charge in [0.25, 0.3) is 11.5 Å². The summed E-state index contributed by atoms with van der Waals surface area (Å²) in [6.07, 6.45) is 2.00. The van der Waals surface area contributed by atoms with Crippen LogP contribution in [0.5, 0.6) is 5.75 Å². The van der Waals surface area contributed by atoms with E-state index in [1.54, 1.807) is 26.4 Å². The van der Waals surface area contributed by atoms with Crippen molar-refractivity contribution < 1.29 is 18.7 Å². The fraction of sp³-hybridized carbons (Fsp3) is 0.250. The average molecular weight is 424 g/mol. The minimum absolute atomic E-state index is 0.202. The second-order valence-corrected chi connectivity index (χ2v) is 7.07. The molecule has 0 saturated heterocycles. The number of aromatic nitrogens is 1. The molecule has 0 spiro atoms. The van der Waals surface area contributed by atoms with E-state index in [0.29, 0.717) is 30.9 Å². The predicted octanol–water partition coefficient (Wildman–Crippen LogP) is 3.36. The number of carbonyl (C=O) groups is 1. The number of hydrogen-bond donors (Lipinski definition) is 1. The number of carbonyl (C=O) groups excluding carboxylic acids is 1. The number of methoxy groups -OCH3 is 2. The van der Waals surface area contributed by atoms with Crippen molar-refractivity contribution >= 4 is 5.91 Å². The summed E-state index contributed by atoms with van der Waals surface area (Å²) in [6, 6.07) is 16.1. The van der Waals surface area contributed by atoms with E-state index in [1.165, 1.54) is 35.0 Å². The lowest BCUT2D eigenvalue weighted by Crippen LogP contribution is -2.31. The molecule has 0 aliphatic rings. The Morgan fingerprint density at radius 2 is 1.74 bits per heavy atom. The van der Waals surface area contributed by atoms with Gasteiger partial charge in [-0.05, 0) is 47.9 Å². The van der Waals surface area contributed by atoms with Crippen LogP contribution in [0.25, 0.3) is 0 Å². The van der Waals surface area contributed by atoms with Crippen LogP contribution < -0.4 is 15.6 Å². The number of ether oxygens (including phenoxy) is 2. The number of benzene rings is 2. The van der Waals surface area contributed by atoms with Gasteiger partial charge in [-0.3, -0.25) is 9.59 Å². The van der Waals surface area contributed by atoms with Gasteiger partial charge in [0.1, 0.15) is 11.6 Å². The molecule has 0 fully saturated rings. The molecule has 0 aliphatic heterocycles. The SMILES string of the molecule is COCCn1cc(C(=O)NC(Cc2ccc(F)cc2)c2ccc(OC)cc2)ccc1=O. The van der Waals surface area contributed by atoms with E-state index in [-0.39, 0.29) is 23.3 Å². The summed E-state index contributed by atoms with van der Waals surface area (Å²) in [4.78, 5) is 25.0. The molecule has 1 N–H and O–H groups in total. The van der Waals surface area contributed by atoms with Crippen molar-refractivity contribution in [2.45, 2.75) is 19.0 Å². The molecule has 1 aromatic heterocycles. The van der Waals surface area contributed by atoms with E-state index >= 15 is 0 Å². The number of pyridine rings is 1. The third-order valence-corrected chi connectivity index (χ3v) is 4.96. The topological polar surface area (TPSA) is 69.6 Å². The van der Waals surface area contributed by atoms with Gasteiger partial charge in [-0.25, -0.2) is 4.39 Å². The van der Waals surface area contributed by atoms with Gasteiger partial charge in [-0.2, -0.15) is 0 Å². The highest BCUT2D eigenvalue weighted by molar-refractivity contribution is 5.94. The van der Waals surface area contributed by atoms with Crippen LogP contribution in [-0.4, -0.2) is 31.3 Å². The van der Waals surface area contributed by atoms with Crippen LogP contribution in [0.15, 0.2) is 71.7 Å². The number of amides is 1. The quantitative estimate of drug-likeness (QED) is 0.572. The maximum Gasteiger partial charge on any atom is 0.253 e. The lowest BCUT2D eigenvalue weighted by molar-refractivity contribution is 0.0935. The van der Waals surface area contributed by atoms with Gasteiger partial charge in [0.15, 0.2) is 0 Å². The number of rotatable bonds is 9. The highest BCUT2D eigenvalue weighted by Gasteiger charge is 2.18. The fourth-order valence-electron chi connectivity index (χ4n) is 3.22. The molecule has 6 nitrogen and oxygen atoms in total. The number of hydrogen-bond acceptors (Lipinski definition) is 4. The summed E-state index contributed by atoms with van der Waals surface area (Å²) in [7, 11) is 3.14. The molecule has 1 amide bonds. The van der Waals surface area contributed by atoms with Gasteiger partial charge in [0, 0.05) is 25.9 Å². The number of halogens is 1. The van der Waals surface area contributed by atoms with E-state index in [4.69, 9.17) is 9.47 Å². The molecular weight excluding hydrogens is 399 g/mol. The monoisotopic (exact) mass is 424 g/mol. The van der Waals surface area contributed by atoms with Crippen LogP contribution in [0.4, 0.5) is 4.39 Å². The van der Waals surface area contributed by atoms with Crippen molar-refractivity contribution in [3.05, 3.63) is 99.7 Å². The average Bonchev–Trinajstić information content (AvgIpc) is 2.79. The fourth-order valence-corrected chi connectivity index (χ4v) is 3.22. The Morgan fingerprint density at radius 1 is 1.03 bits per heavy atom. The van der Waals surface area contributed by atoms with Crippen molar-refractivity contribution in [2.75, 3.05) is 20.8 Å². The van der Waals surface area contributed by atoms with Crippen molar-refractivity contribution in [1.29, 1.82) is 0 Å². The molecule has 0 radical (unpaired) electrons. The third-order valence-electron chi connectivity index (χ3n) is 4.96. The van der Waals surface area contributed by atoms with E-state index < -0.39 is 0 Å². The van der Waals surface area contributed by atoms with E-state index in [9.17, 15) is 14.0 Å². The summed E-state index contributed by atoms with van der Waals surface area (Å²) in [5, 5.41) is 3.03. The van der Waals surface area contributed by atoms with E-state index in [1.807, 2.05) is 24.3 Å². The second kappa shape index (κ2) is 10.5. The minimum Gasteiger partial charge on any atom is -0.497 e. The number of nitrogens with zero attached hydrogens (tertiary/aromatic N) is 1. The molecule has 0 aliphatic carbocycles. The first-order chi connectivity index (χ1) is 15.0. The second-order valence-electron chi connectivity index (χ2n) is 7.07.